The van der Waals surface area contributed by atoms with Crippen molar-refractivity contribution in [1.29, 1.82) is 0 Å². The van der Waals surface area contributed by atoms with Crippen molar-refractivity contribution in [3.63, 3.8) is 0 Å². The fourth-order valence-electron chi connectivity index (χ4n) is 1.66. The van der Waals surface area contributed by atoms with Crippen LogP contribution in [-0.4, -0.2) is 26.3 Å². The predicted molar refractivity (Wildman–Crippen MR) is 68.7 cm³/mol. The Hall–Kier alpha value is -1.29. The lowest BCUT2D eigenvalue weighted by Crippen LogP contribution is -2.52. The van der Waals surface area contributed by atoms with Gasteiger partial charge in [0.2, 0.25) is 11.8 Å². The van der Waals surface area contributed by atoms with Gasteiger partial charge in [-0.2, -0.15) is 4.72 Å². The Morgan fingerprint density at radius 2 is 2.16 bits per heavy atom. The summed E-state index contributed by atoms with van der Waals surface area (Å²) in [6.07, 6.45) is 0.288. The van der Waals surface area contributed by atoms with E-state index in [1.165, 1.54) is 6.07 Å². The molecule has 1 aliphatic rings. The standard InChI is InChI=1S/C10H13N3O4S2/c11-5-6-1-4-9(18-6)19(16,17)13-7-2-3-8(14)12-10(7)15/h1,4,7,13H,2-3,5,11H2,(H,12,14,15). The molecule has 4 N–H and O–H groups in total. The molecule has 104 valence electrons. The molecule has 2 heterocycles. The Labute approximate surface area is 114 Å². The van der Waals surface area contributed by atoms with Crippen LogP contribution in [0, 0.1) is 0 Å². The van der Waals surface area contributed by atoms with E-state index >= 15 is 0 Å². The zero-order chi connectivity index (χ0) is 14.0. The third kappa shape index (κ3) is 3.18. The summed E-state index contributed by atoms with van der Waals surface area (Å²) in [6.45, 7) is 0.263. The number of hydrogen-bond donors (Lipinski definition) is 3. The molecule has 2 amide bonds. The maximum absolute atomic E-state index is 12.1. The van der Waals surface area contributed by atoms with Gasteiger partial charge in [0.15, 0.2) is 0 Å². The number of sulfonamides is 1. The number of piperidine rings is 1. The highest BCUT2D eigenvalue weighted by Crippen LogP contribution is 2.21. The largest absolute Gasteiger partial charge is 0.326 e. The SMILES string of the molecule is NCc1ccc(S(=O)(=O)NC2CCC(=O)NC2=O)s1. The molecule has 1 fully saturated rings. The molecule has 0 radical (unpaired) electrons. The third-order valence-corrected chi connectivity index (χ3v) is 5.71. The molecule has 1 saturated heterocycles. The van der Waals surface area contributed by atoms with E-state index < -0.39 is 22.0 Å². The van der Waals surface area contributed by atoms with Crippen molar-refractivity contribution < 1.29 is 18.0 Å². The molecular weight excluding hydrogens is 290 g/mol. The molecule has 1 aromatic heterocycles. The van der Waals surface area contributed by atoms with Gasteiger partial charge in [0.25, 0.3) is 10.0 Å². The Morgan fingerprint density at radius 3 is 2.74 bits per heavy atom. The van der Waals surface area contributed by atoms with Crippen molar-refractivity contribution in [2.24, 2.45) is 5.73 Å². The van der Waals surface area contributed by atoms with Crippen LogP contribution in [0.15, 0.2) is 16.3 Å². The Kier molecular flexibility index (Phi) is 3.99. The molecular formula is C10H13N3O4S2. The Morgan fingerprint density at radius 1 is 1.42 bits per heavy atom. The third-order valence-electron chi connectivity index (χ3n) is 2.64. The first-order valence-corrected chi connectivity index (χ1v) is 7.87. The average molecular weight is 303 g/mol. The average Bonchev–Trinajstić information content (AvgIpc) is 2.82. The second-order valence-electron chi connectivity index (χ2n) is 4.05. The molecule has 1 atom stereocenters. The van der Waals surface area contributed by atoms with Crippen molar-refractivity contribution in [2.75, 3.05) is 0 Å². The van der Waals surface area contributed by atoms with Gasteiger partial charge in [0.1, 0.15) is 10.3 Å². The first-order chi connectivity index (χ1) is 8.92. The number of amides is 2. The van der Waals surface area contributed by atoms with Crippen LogP contribution in [0.5, 0.6) is 0 Å². The number of carbonyl (C=O) groups excluding carboxylic acids is 2. The van der Waals surface area contributed by atoms with Crippen LogP contribution < -0.4 is 15.8 Å². The summed E-state index contributed by atoms with van der Waals surface area (Å²) in [7, 11) is -3.76. The van der Waals surface area contributed by atoms with Gasteiger partial charge >= 0.3 is 0 Å². The van der Waals surface area contributed by atoms with Crippen LogP contribution in [0.3, 0.4) is 0 Å². The molecule has 19 heavy (non-hydrogen) atoms. The molecule has 2 rings (SSSR count). The van der Waals surface area contributed by atoms with Gasteiger partial charge in [0.05, 0.1) is 0 Å². The van der Waals surface area contributed by atoms with Gasteiger partial charge in [-0.25, -0.2) is 8.42 Å². The number of thiophene rings is 1. The van der Waals surface area contributed by atoms with E-state index in [1.807, 2.05) is 0 Å². The van der Waals surface area contributed by atoms with E-state index in [4.69, 9.17) is 5.73 Å². The minimum absolute atomic E-state index is 0.109. The lowest BCUT2D eigenvalue weighted by molar-refractivity contribution is -0.134. The lowest BCUT2D eigenvalue weighted by Gasteiger charge is -2.21. The summed E-state index contributed by atoms with van der Waals surface area (Å²) in [6, 6.07) is 2.16. The molecule has 1 aliphatic heterocycles. The molecule has 1 unspecified atom stereocenters. The Balaban J connectivity index is 2.13. The fraction of sp³-hybridized carbons (Fsp3) is 0.400. The summed E-state index contributed by atoms with van der Waals surface area (Å²) in [5.41, 5.74) is 5.42. The van der Waals surface area contributed by atoms with Gasteiger partial charge in [-0.05, 0) is 18.6 Å². The molecule has 1 aromatic rings. The van der Waals surface area contributed by atoms with Crippen LogP contribution in [-0.2, 0) is 26.2 Å². The highest BCUT2D eigenvalue weighted by molar-refractivity contribution is 7.91. The van der Waals surface area contributed by atoms with Crippen molar-refractivity contribution in [2.45, 2.75) is 29.6 Å². The first kappa shape index (κ1) is 14.1. The molecule has 0 saturated carbocycles. The number of rotatable bonds is 4. The summed E-state index contributed by atoms with van der Waals surface area (Å²) in [5.74, 6) is -1.00. The molecule has 9 heteroatoms. The Bertz CT molecular complexity index is 608. The van der Waals surface area contributed by atoms with Crippen LogP contribution >= 0.6 is 11.3 Å². The van der Waals surface area contributed by atoms with Crippen LogP contribution in [0.25, 0.3) is 0 Å². The normalized spacial score (nSPS) is 20.4. The van der Waals surface area contributed by atoms with Crippen molar-refractivity contribution >= 4 is 33.2 Å². The maximum Gasteiger partial charge on any atom is 0.250 e. The van der Waals surface area contributed by atoms with E-state index in [9.17, 15) is 18.0 Å². The lowest BCUT2D eigenvalue weighted by atomic mass is 10.1. The number of hydrogen-bond acceptors (Lipinski definition) is 6. The van der Waals surface area contributed by atoms with Gasteiger partial charge in [-0.1, -0.05) is 0 Å². The second-order valence-corrected chi connectivity index (χ2v) is 7.16. The topological polar surface area (TPSA) is 118 Å². The van der Waals surface area contributed by atoms with Gasteiger partial charge < -0.3 is 5.73 Å². The zero-order valence-electron chi connectivity index (χ0n) is 9.88. The maximum atomic E-state index is 12.1. The first-order valence-electron chi connectivity index (χ1n) is 5.57. The van der Waals surface area contributed by atoms with E-state index in [1.54, 1.807) is 6.07 Å². The van der Waals surface area contributed by atoms with Crippen LogP contribution in [0.4, 0.5) is 0 Å². The number of imide groups is 1. The highest BCUT2D eigenvalue weighted by atomic mass is 32.2. The minimum Gasteiger partial charge on any atom is -0.326 e. The number of carbonyl (C=O) groups is 2. The van der Waals surface area contributed by atoms with Crippen LogP contribution in [0.1, 0.15) is 17.7 Å². The predicted octanol–water partition coefficient (Wildman–Crippen LogP) is -0.710. The molecule has 0 aromatic carbocycles. The van der Waals surface area contributed by atoms with E-state index in [0.29, 0.717) is 0 Å². The highest BCUT2D eigenvalue weighted by Gasteiger charge is 2.31. The van der Waals surface area contributed by atoms with Gasteiger partial charge in [-0.3, -0.25) is 14.9 Å². The summed E-state index contributed by atoms with van der Waals surface area (Å²) in [5, 5.41) is 2.10. The number of nitrogens with two attached hydrogens (primary N) is 1. The minimum atomic E-state index is -3.76. The quantitative estimate of drug-likeness (QED) is 0.635. The molecule has 7 nitrogen and oxygen atoms in total. The van der Waals surface area contributed by atoms with Gasteiger partial charge in [0, 0.05) is 17.8 Å². The smallest absolute Gasteiger partial charge is 0.250 e. The molecule has 0 spiro atoms. The summed E-state index contributed by atoms with van der Waals surface area (Å²) in [4.78, 5) is 23.2. The molecule has 0 bridgehead atoms. The van der Waals surface area contributed by atoms with E-state index in [0.717, 1.165) is 16.2 Å². The number of nitrogens with one attached hydrogen (secondary N) is 2. The zero-order valence-corrected chi connectivity index (χ0v) is 11.5. The van der Waals surface area contributed by atoms with Crippen LogP contribution in [0.2, 0.25) is 0 Å². The van der Waals surface area contributed by atoms with Crippen molar-refractivity contribution in [3.05, 3.63) is 17.0 Å². The molecule has 0 aliphatic carbocycles. The van der Waals surface area contributed by atoms with E-state index in [-0.39, 0.29) is 29.5 Å². The fourth-order valence-corrected chi connectivity index (χ4v) is 4.14. The second kappa shape index (κ2) is 5.37. The monoisotopic (exact) mass is 303 g/mol. The van der Waals surface area contributed by atoms with E-state index in [2.05, 4.69) is 10.0 Å². The summed E-state index contributed by atoms with van der Waals surface area (Å²) < 4.78 is 26.5. The van der Waals surface area contributed by atoms with Crippen molar-refractivity contribution in [1.82, 2.24) is 10.0 Å². The summed E-state index contributed by atoms with van der Waals surface area (Å²) >= 11 is 1.06. The van der Waals surface area contributed by atoms with Crippen molar-refractivity contribution in [3.8, 4) is 0 Å². The van der Waals surface area contributed by atoms with Gasteiger partial charge in [-0.15, -0.1) is 11.3 Å².